The van der Waals surface area contributed by atoms with Gasteiger partial charge in [-0.05, 0) is 13.0 Å². The Bertz CT molecular complexity index is 107. The number of unbranched alkanes of at least 4 members (excludes halogenated alkanes) is 9. The van der Waals surface area contributed by atoms with Gasteiger partial charge in [0, 0.05) is 13.1 Å². The molecule has 0 aromatic rings. The first-order valence-electron chi connectivity index (χ1n) is 7.32. The molecule has 0 aliphatic rings. The van der Waals surface area contributed by atoms with Crippen molar-refractivity contribution < 1.29 is 0 Å². The van der Waals surface area contributed by atoms with Crippen LogP contribution in [-0.4, -0.2) is 19.6 Å². The van der Waals surface area contributed by atoms with Gasteiger partial charge in [-0.3, -0.25) is 0 Å². The van der Waals surface area contributed by atoms with E-state index in [-0.39, 0.29) is 12.4 Å². The molecule has 0 saturated carbocycles. The van der Waals surface area contributed by atoms with Gasteiger partial charge in [-0.25, -0.2) is 0 Å². The van der Waals surface area contributed by atoms with Crippen molar-refractivity contribution in [2.45, 2.75) is 71.1 Å². The summed E-state index contributed by atoms with van der Waals surface area (Å²) >= 11 is 0. The van der Waals surface area contributed by atoms with E-state index in [9.17, 15) is 0 Å². The summed E-state index contributed by atoms with van der Waals surface area (Å²) in [4.78, 5) is 0. The van der Waals surface area contributed by atoms with E-state index in [0.717, 1.165) is 19.6 Å². The van der Waals surface area contributed by atoms with Gasteiger partial charge >= 0.3 is 0 Å². The normalized spacial score (nSPS) is 10.2. The van der Waals surface area contributed by atoms with Crippen molar-refractivity contribution in [3.8, 4) is 0 Å². The van der Waals surface area contributed by atoms with Gasteiger partial charge in [-0.15, -0.1) is 12.4 Å². The third-order valence-electron chi connectivity index (χ3n) is 3.03. The van der Waals surface area contributed by atoms with E-state index >= 15 is 0 Å². The molecular weight excluding hydrogens is 232 g/mol. The lowest BCUT2D eigenvalue weighted by atomic mass is 10.1. The zero-order chi connectivity index (χ0) is 11.9. The lowest BCUT2D eigenvalue weighted by Gasteiger charge is -2.03. The molecule has 0 amide bonds. The summed E-state index contributed by atoms with van der Waals surface area (Å²) in [5.41, 5.74) is 5.40. The van der Waals surface area contributed by atoms with Gasteiger partial charge in [0.2, 0.25) is 0 Å². The van der Waals surface area contributed by atoms with Crippen LogP contribution in [0.5, 0.6) is 0 Å². The minimum absolute atomic E-state index is 0. The van der Waals surface area contributed by atoms with Crippen LogP contribution in [-0.2, 0) is 0 Å². The molecule has 0 aliphatic carbocycles. The molecule has 0 rings (SSSR count). The molecule has 0 aromatic heterocycles. The van der Waals surface area contributed by atoms with E-state index in [2.05, 4.69) is 12.2 Å². The summed E-state index contributed by atoms with van der Waals surface area (Å²) in [6.45, 7) is 5.15. The van der Waals surface area contributed by atoms with Crippen LogP contribution >= 0.6 is 12.4 Å². The van der Waals surface area contributed by atoms with E-state index in [1.165, 1.54) is 64.2 Å². The number of rotatable bonds is 13. The molecule has 0 spiro atoms. The Kier molecular flexibility index (Phi) is 21.4. The number of hydrogen-bond donors (Lipinski definition) is 2. The maximum Gasteiger partial charge on any atom is 0.00745 e. The summed E-state index contributed by atoms with van der Waals surface area (Å²) in [7, 11) is 0. The molecule has 3 heteroatoms. The molecule has 0 saturated heterocycles. The van der Waals surface area contributed by atoms with Gasteiger partial charge in [-0.1, -0.05) is 64.7 Å². The van der Waals surface area contributed by atoms with E-state index in [1.807, 2.05) is 0 Å². The molecule has 2 nitrogen and oxygen atoms in total. The highest BCUT2D eigenvalue weighted by atomic mass is 35.5. The van der Waals surface area contributed by atoms with Crippen LogP contribution in [0.25, 0.3) is 0 Å². The van der Waals surface area contributed by atoms with Gasteiger partial charge in [-0.2, -0.15) is 0 Å². The van der Waals surface area contributed by atoms with Crippen LogP contribution < -0.4 is 11.1 Å². The Labute approximate surface area is 115 Å². The van der Waals surface area contributed by atoms with E-state index in [0.29, 0.717) is 0 Å². The highest BCUT2D eigenvalue weighted by Gasteiger charge is 1.92. The average molecular weight is 265 g/mol. The molecule has 0 aromatic carbocycles. The maximum atomic E-state index is 5.40. The first-order valence-corrected chi connectivity index (χ1v) is 7.32. The minimum Gasteiger partial charge on any atom is -0.329 e. The Morgan fingerprint density at radius 2 is 1.18 bits per heavy atom. The van der Waals surface area contributed by atoms with Gasteiger partial charge in [0.05, 0.1) is 0 Å². The molecule has 106 valence electrons. The predicted octanol–water partition coefficient (Wildman–Crippen LogP) is 3.88. The highest BCUT2D eigenvalue weighted by Crippen LogP contribution is 2.10. The minimum atomic E-state index is 0. The lowest BCUT2D eigenvalue weighted by molar-refractivity contribution is 0.545. The monoisotopic (exact) mass is 264 g/mol. The predicted molar refractivity (Wildman–Crippen MR) is 81.0 cm³/mol. The third kappa shape index (κ3) is 18.8. The van der Waals surface area contributed by atoms with Crippen LogP contribution in [0, 0.1) is 0 Å². The van der Waals surface area contributed by atoms with Crippen LogP contribution in [0.3, 0.4) is 0 Å². The second-order valence-corrected chi connectivity index (χ2v) is 4.72. The topological polar surface area (TPSA) is 38.0 Å². The summed E-state index contributed by atoms with van der Waals surface area (Å²) in [5, 5.41) is 3.34. The van der Waals surface area contributed by atoms with Gasteiger partial charge in [0.15, 0.2) is 0 Å². The largest absolute Gasteiger partial charge is 0.329 e. The smallest absolute Gasteiger partial charge is 0.00745 e. The molecular formula is C14H33ClN2. The van der Waals surface area contributed by atoms with Crippen molar-refractivity contribution in [2.75, 3.05) is 19.6 Å². The number of hydrogen-bond acceptors (Lipinski definition) is 2. The molecule has 0 bridgehead atoms. The van der Waals surface area contributed by atoms with E-state index < -0.39 is 0 Å². The molecule has 0 heterocycles. The maximum absolute atomic E-state index is 5.40. The Balaban J connectivity index is 0. The molecule has 0 atom stereocenters. The molecule has 17 heavy (non-hydrogen) atoms. The van der Waals surface area contributed by atoms with Crippen molar-refractivity contribution in [1.29, 1.82) is 0 Å². The molecule has 0 aliphatic heterocycles. The van der Waals surface area contributed by atoms with Crippen molar-refractivity contribution >= 4 is 12.4 Å². The fraction of sp³-hybridized carbons (Fsp3) is 1.00. The SMILES string of the molecule is CCCCCCCCCCCCNCCN.Cl. The summed E-state index contributed by atoms with van der Waals surface area (Å²) in [6.07, 6.45) is 14.1. The summed E-state index contributed by atoms with van der Waals surface area (Å²) < 4.78 is 0. The summed E-state index contributed by atoms with van der Waals surface area (Å²) in [6, 6.07) is 0. The number of nitrogens with one attached hydrogen (secondary N) is 1. The van der Waals surface area contributed by atoms with Crippen LogP contribution in [0.2, 0.25) is 0 Å². The average Bonchev–Trinajstić information content (AvgIpc) is 2.31. The van der Waals surface area contributed by atoms with Crippen LogP contribution in [0.1, 0.15) is 71.1 Å². The molecule has 0 fully saturated rings. The van der Waals surface area contributed by atoms with Crippen LogP contribution in [0.15, 0.2) is 0 Å². The zero-order valence-corrected chi connectivity index (χ0v) is 12.5. The lowest BCUT2D eigenvalue weighted by Crippen LogP contribution is -2.23. The third-order valence-corrected chi connectivity index (χ3v) is 3.03. The van der Waals surface area contributed by atoms with E-state index in [4.69, 9.17) is 5.73 Å². The quantitative estimate of drug-likeness (QED) is 0.496. The van der Waals surface area contributed by atoms with Crippen molar-refractivity contribution in [1.82, 2.24) is 5.32 Å². The molecule has 0 radical (unpaired) electrons. The van der Waals surface area contributed by atoms with Crippen molar-refractivity contribution in [3.63, 3.8) is 0 Å². The number of nitrogens with two attached hydrogens (primary N) is 1. The first-order chi connectivity index (χ1) is 7.91. The number of halogens is 1. The van der Waals surface area contributed by atoms with E-state index in [1.54, 1.807) is 0 Å². The van der Waals surface area contributed by atoms with Crippen molar-refractivity contribution in [3.05, 3.63) is 0 Å². The molecule has 0 unspecified atom stereocenters. The molecule has 3 N–H and O–H groups in total. The highest BCUT2D eigenvalue weighted by molar-refractivity contribution is 5.85. The Morgan fingerprint density at radius 1 is 0.706 bits per heavy atom. The van der Waals surface area contributed by atoms with Crippen LogP contribution in [0.4, 0.5) is 0 Å². The second kappa shape index (κ2) is 18.6. The zero-order valence-electron chi connectivity index (χ0n) is 11.7. The first kappa shape index (κ1) is 19.5. The van der Waals surface area contributed by atoms with Gasteiger partial charge < -0.3 is 11.1 Å². The standard InChI is InChI=1S/C14H32N2.ClH/c1-2-3-4-5-6-7-8-9-10-11-13-16-14-12-15;/h16H,2-15H2,1H3;1H. The fourth-order valence-corrected chi connectivity index (χ4v) is 1.96. The Morgan fingerprint density at radius 3 is 1.65 bits per heavy atom. The summed E-state index contributed by atoms with van der Waals surface area (Å²) in [5.74, 6) is 0. The Hall–Kier alpha value is 0.210. The second-order valence-electron chi connectivity index (χ2n) is 4.72. The van der Waals surface area contributed by atoms with Gasteiger partial charge in [0.1, 0.15) is 0 Å². The fourth-order valence-electron chi connectivity index (χ4n) is 1.96. The van der Waals surface area contributed by atoms with Crippen molar-refractivity contribution in [2.24, 2.45) is 5.73 Å². The van der Waals surface area contributed by atoms with Gasteiger partial charge in [0.25, 0.3) is 0 Å².